The number of aromatic nitrogens is 1. The summed E-state index contributed by atoms with van der Waals surface area (Å²) in [6, 6.07) is 8.13. The summed E-state index contributed by atoms with van der Waals surface area (Å²) >= 11 is 0. The number of ether oxygens (including phenoxy) is 1. The Hall–Kier alpha value is -2.83. The number of cyclic esters (lactones) is 1. The van der Waals surface area contributed by atoms with Crippen LogP contribution in [0.25, 0.3) is 5.69 Å². The number of carbonyl (C=O) groups is 2. The third-order valence-corrected chi connectivity index (χ3v) is 3.85. The normalized spacial score (nSPS) is 17.3. The minimum atomic E-state index is -0.674. The number of halogens is 1. The zero-order chi connectivity index (χ0) is 16.6. The Bertz CT molecular complexity index is 745. The molecule has 3 rings (SSSR count). The number of benzene rings is 1. The average Bonchev–Trinajstić information content (AvgIpc) is 3.15. The molecule has 0 radical (unpaired) electrons. The maximum absolute atomic E-state index is 14.3. The first-order valence-electron chi connectivity index (χ1n) is 7.12. The lowest BCUT2D eigenvalue weighted by Gasteiger charge is -2.20. The molecule has 120 valence electrons. The van der Waals surface area contributed by atoms with Crippen LogP contribution in [0.15, 0.2) is 42.7 Å². The van der Waals surface area contributed by atoms with Crippen LogP contribution in [0.5, 0.6) is 0 Å². The summed E-state index contributed by atoms with van der Waals surface area (Å²) in [5, 5.41) is 0. The van der Waals surface area contributed by atoms with Gasteiger partial charge < -0.3 is 14.2 Å². The minimum absolute atomic E-state index is 0.164. The van der Waals surface area contributed by atoms with Gasteiger partial charge in [0.25, 0.3) is 0 Å². The van der Waals surface area contributed by atoms with Crippen molar-refractivity contribution < 1.29 is 18.7 Å². The van der Waals surface area contributed by atoms with Crippen LogP contribution >= 0.6 is 0 Å². The first kappa shape index (κ1) is 15.1. The second kappa shape index (κ2) is 5.75. The molecule has 1 aromatic carbocycles. The Morgan fingerprint density at radius 1 is 1.35 bits per heavy atom. The van der Waals surface area contributed by atoms with Crippen LogP contribution in [-0.4, -0.2) is 41.3 Å². The van der Waals surface area contributed by atoms with Gasteiger partial charge in [-0.2, -0.15) is 0 Å². The van der Waals surface area contributed by atoms with Crippen LogP contribution in [0.3, 0.4) is 0 Å². The standard InChI is InChI=1S/C16H16FN3O3/c1-11(21)18(2)15-10-20(16(22)23-15)12-5-6-14(13(17)9-12)19-7-3-4-8-19/h3-9,15H,10H2,1-2H3/t15-/m0/s1. The molecule has 2 amide bonds. The first-order valence-corrected chi connectivity index (χ1v) is 7.12. The molecule has 2 heterocycles. The first-order chi connectivity index (χ1) is 11.0. The highest BCUT2D eigenvalue weighted by molar-refractivity contribution is 5.90. The Balaban J connectivity index is 1.84. The lowest BCUT2D eigenvalue weighted by atomic mass is 10.2. The smallest absolute Gasteiger partial charge is 0.416 e. The molecule has 2 aromatic rings. The van der Waals surface area contributed by atoms with E-state index in [1.165, 1.54) is 22.8 Å². The van der Waals surface area contributed by atoms with Gasteiger partial charge in [0.2, 0.25) is 5.91 Å². The van der Waals surface area contributed by atoms with E-state index in [1.54, 1.807) is 48.3 Å². The molecule has 0 saturated carbocycles. The fourth-order valence-electron chi connectivity index (χ4n) is 2.43. The molecule has 1 aliphatic rings. The molecular weight excluding hydrogens is 301 g/mol. The molecule has 0 bridgehead atoms. The van der Waals surface area contributed by atoms with E-state index in [1.807, 2.05) is 0 Å². The summed E-state index contributed by atoms with van der Waals surface area (Å²) in [6.07, 6.45) is 2.20. The van der Waals surface area contributed by atoms with Gasteiger partial charge in [-0.1, -0.05) is 0 Å². The number of carbonyl (C=O) groups excluding carboxylic acids is 2. The van der Waals surface area contributed by atoms with Gasteiger partial charge in [-0.15, -0.1) is 0 Å². The molecule has 1 atom stereocenters. The molecule has 1 saturated heterocycles. The van der Waals surface area contributed by atoms with Crippen LogP contribution in [-0.2, 0) is 9.53 Å². The van der Waals surface area contributed by atoms with E-state index in [-0.39, 0.29) is 12.5 Å². The molecule has 7 heteroatoms. The van der Waals surface area contributed by atoms with Crippen molar-refractivity contribution in [1.29, 1.82) is 0 Å². The van der Waals surface area contributed by atoms with Crippen LogP contribution in [0, 0.1) is 5.82 Å². The number of nitrogens with zero attached hydrogens (tertiary/aromatic N) is 3. The molecule has 0 unspecified atom stereocenters. The molecule has 0 aliphatic carbocycles. The third-order valence-electron chi connectivity index (χ3n) is 3.85. The Morgan fingerprint density at radius 3 is 2.65 bits per heavy atom. The van der Waals surface area contributed by atoms with Crippen molar-refractivity contribution in [3.05, 3.63) is 48.5 Å². The van der Waals surface area contributed by atoms with Crippen LogP contribution in [0.4, 0.5) is 14.9 Å². The summed E-state index contributed by atoms with van der Waals surface area (Å²) in [6.45, 7) is 1.55. The minimum Gasteiger partial charge on any atom is -0.423 e. The van der Waals surface area contributed by atoms with Gasteiger partial charge in [-0.25, -0.2) is 9.18 Å². The molecular formula is C16H16FN3O3. The lowest BCUT2D eigenvalue weighted by Crippen LogP contribution is -2.38. The number of anilines is 1. The van der Waals surface area contributed by atoms with Gasteiger partial charge >= 0.3 is 6.09 Å². The molecule has 1 aromatic heterocycles. The van der Waals surface area contributed by atoms with E-state index >= 15 is 0 Å². The van der Waals surface area contributed by atoms with E-state index in [9.17, 15) is 14.0 Å². The van der Waals surface area contributed by atoms with Gasteiger partial charge in [-0.05, 0) is 30.3 Å². The Kier molecular flexibility index (Phi) is 3.77. The average molecular weight is 317 g/mol. The highest BCUT2D eigenvalue weighted by Gasteiger charge is 2.36. The third kappa shape index (κ3) is 2.77. The van der Waals surface area contributed by atoms with E-state index in [4.69, 9.17) is 4.74 Å². The van der Waals surface area contributed by atoms with Crippen molar-refractivity contribution in [2.45, 2.75) is 13.2 Å². The SMILES string of the molecule is CC(=O)N(C)[C@@H]1CN(c2ccc(-n3cccc3)c(F)c2)C(=O)O1. The fourth-order valence-corrected chi connectivity index (χ4v) is 2.43. The number of rotatable bonds is 3. The maximum Gasteiger partial charge on any atom is 0.416 e. The largest absolute Gasteiger partial charge is 0.423 e. The van der Waals surface area contributed by atoms with E-state index in [2.05, 4.69) is 0 Å². The van der Waals surface area contributed by atoms with Gasteiger partial charge in [0.15, 0.2) is 6.23 Å². The summed E-state index contributed by atoms with van der Waals surface area (Å²) in [5.74, 6) is -0.659. The van der Waals surface area contributed by atoms with Gasteiger partial charge in [0.1, 0.15) is 5.82 Å². The second-order valence-corrected chi connectivity index (χ2v) is 5.30. The maximum atomic E-state index is 14.3. The van der Waals surface area contributed by atoms with Gasteiger partial charge in [0, 0.05) is 26.4 Å². The summed E-state index contributed by atoms with van der Waals surface area (Å²) in [4.78, 5) is 26.0. The van der Waals surface area contributed by atoms with Crippen molar-refractivity contribution in [2.75, 3.05) is 18.5 Å². The van der Waals surface area contributed by atoms with Crippen LogP contribution in [0.1, 0.15) is 6.92 Å². The second-order valence-electron chi connectivity index (χ2n) is 5.30. The van der Waals surface area contributed by atoms with Crippen molar-refractivity contribution in [2.24, 2.45) is 0 Å². The summed E-state index contributed by atoms with van der Waals surface area (Å²) in [7, 11) is 1.56. The number of hydrogen-bond donors (Lipinski definition) is 0. The molecule has 1 fully saturated rings. The summed E-state index contributed by atoms with van der Waals surface area (Å²) in [5.41, 5.74) is 0.784. The lowest BCUT2D eigenvalue weighted by molar-refractivity contribution is -0.134. The molecule has 23 heavy (non-hydrogen) atoms. The molecule has 0 N–H and O–H groups in total. The fraction of sp³-hybridized carbons (Fsp3) is 0.250. The van der Waals surface area contributed by atoms with E-state index in [0.717, 1.165) is 0 Å². The van der Waals surface area contributed by atoms with Crippen molar-refractivity contribution in [3.63, 3.8) is 0 Å². The molecule has 6 nitrogen and oxygen atoms in total. The van der Waals surface area contributed by atoms with E-state index < -0.39 is 18.1 Å². The zero-order valence-corrected chi connectivity index (χ0v) is 12.8. The zero-order valence-electron chi connectivity index (χ0n) is 12.8. The number of likely N-dealkylation sites (N-methyl/N-ethyl adjacent to an activating group) is 1. The van der Waals surface area contributed by atoms with Gasteiger partial charge in [0.05, 0.1) is 17.9 Å². The monoisotopic (exact) mass is 317 g/mol. The molecule has 0 spiro atoms. The Morgan fingerprint density at radius 2 is 2.04 bits per heavy atom. The van der Waals surface area contributed by atoms with E-state index in [0.29, 0.717) is 11.4 Å². The molecule has 1 aliphatic heterocycles. The predicted molar refractivity (Wildman–Crippen MR) is 81.8 cm³/mol. The predicted octanol–water partition coefficient (Wildman–Crippen LogP) is 2.38. The quantitative estimate of drug-likeness (QED) is 0.873. The van der Waals surface area contributed by atoms with Gasteiger partial charge in [-0.3, -0.25) is 9.69 Å². The van der Waals surface area contributed by atoms with Crippen LogP contribution in [0.2, 0.25) is 0 Å². The van der Waals surface area contributed by atoms with Crippen molar-refractivity contribution >= 4 is 17.7 Å². The number of hydrogen-bond acceptors (Lipinski definition) is 3. The summed E-state index contributed by atoms with van der Waals surface area (Å²) < 4.78 is 21.1. The highest BCUT2D eigenvalue weighted by atomic mass is 19.1. The number of amides is 2. The topological polar surface area (TPSA) is 54.8 Å². The Labute approximate surface area is 132 Å². The highest BCUT2D eigenvalue weighted by Crippen LogP contribution is 2.26. The van der Waals surface area contributed by atoms with Crippen LogP contribution < -0.4 is 4.90 Å². The van der Waals surface area contributed by atoms with Crippen molar-refractivity contribution in [1.82, 2.24) is 9.47 Å². The van der Waals surface area contributed by atoms with Crippen molar-refractivity contribution in [3.8, 4) is 5.69 Å².